The van der Waals surface area contributed by atoms with Gasteiger partial charge in [0.1, 0.15) is 11.6 Å². The maximum absolute atomic E-state index is 13.5. The van der Waals surface area contributed by atoms with Crippen molar-refractivity contribution >= 4 is 27.6 Å². The minimum absolute atomic E-state index is 0.115. The first-order chi connectivity index (χ1) is 18.2. The molecule has 208 valence electrons. The number of ether oxygens (including phenoxy) is 1. The molecule has 2 N–H and O–H groups in total. The maximum Gasteiger partial charge on any atom is 0.251 e. The molecule has 2 heterocycles. The first kappa shape index (κ1) is 28.3. The topological polar surface area (TPSA) is 104 Å². The molecule has 9 nitrogen and oxygen atoms in total. The molecule has 2 aliphatic rings. The van der Waals surface area contributed by atoms with Crippen molar-refractivity contribution in [3.05, 3.63) is 53.6 Å². The molecule has 1 aliphatic carbocycles. The van der Waals surface area contributed by atoms with Crippen LogP contribution in [-0.2, 0) is 14.8 Å². The Kier molecular flexibility index (Phi) is 9.27. The zero-order chi connectivity index (χ0) is 27.3. The summed E-state index contributed by atoms with van der Waals surface area (Å²) in [5.74, 6) is 2.06. The van der Waals surface area contributed by atoms with E-state index < -0.39 is 10.0 Å². The van der Waals surface area contributed by atoms with Gasteiger partial charge in [-0.05, 0) is 55.3 Å². The molecule has 0 bridgehead atoms. The van der Waals surface area contributed by atoms with Gasteiger partial charge in [-0.25, -0.2) is 13.4 Å². The van der Waals surface area contributed by atoms with Crippen LogP contribution in [0.15, 0.2) is 42.5 Å². The zero-order valence-corrected chi connectivity index (χ0v) is 23.7. The summed E-state index contributed by atoms with van der Waals surface area (Å²) < 4.78 is 31.1. The second kappa shape index (κ2) is 12.4. The third-order valence-electron chi connectivity index (χ3n) is 7.80. The van der Waals surface area contributed by atoms with Gasteiger partial charge in [0.05, 0.1) is 12.9 Å². The van der Waals surface area contributed by atoms with Gasteiger partial charge in [-0.15, -0.1) is 0 Å². The lowest BCUT2D eigenvalue weighted by atomic mass is 9.84. The third kappa shape index (κ3) is 7.24. The number of piperidine rings is 1. The molecule has 1 aliphatic heterocycles. The average molecular weight is 544 g/mol. The van der Waals surface area contributed by atoms with E-state index in [1.807, 2.05) is 6.07 Å². The van der Waals surface area contributed by atoms with E-state index in [2.05, 4.69) is 51.7 Å². The summed E-state index contributed by atoms with van der Waals surface area (Å²) in [5, 5.41) is 6.68. The zero-order valence-electron chi connectivity index (χ0n) is 22.9. The number of sulfonamides is 1. The molecule has 1 saturated carbocycles. The normalized spacial score (nSPS) is 23.1. The SMILES string of the molecule is COCCN(C[C@@H]1C[C@H]1C)c1cc(C(=O)NC[C@H]2NCCC[C@H]2c2ccccc2)cc(N(C)S(C)(=O)=O)n1. The molecule has 2 aromatic rings. The number of pyridine rings is 1. The Bertz CT molecular complexity index is 1190. The molecule has 1 amide bonds. The lowest BCUT2D eigenvalue weighted by molar-refractivity contribution is 0.0946. The number of nitrogens with one attached hydrogen (secondary N) is 2. The fraction of sp³-hybridized carbons (Fsp3) is 0.571. The van der Waals surface area contributed by atoms with Crippen LogP contribution in [0.4, 0.5) is 11.6 Å². The Balaban J connectivity index is 1.57. The number of hydrogen-bond acceptors (Lipinski definition) is 7. The number of carbonyl (C=O) groups is 1. The van der Waals surface area contributed by atoms with Crippen LogP contribution < -0.4 is 19.8 Å². The number of rotatable bonds is 12. The van der Waals surface area contributed by atoms with Crippen LogP contribution in [0.3, 0.4) is 0 Å². The summed E-state index contributed by atoms with van der Waals surface area (Å²) >= 11 is 0. The highest BCUT2D eigenvalue weighted by molar-refractivity contribution is 7.92. The summed E-state index contributed by atoms with van der Waals surface area (Å²) in [5.41, 5.74) is 1.66. The van der Waals surface area contributed by atoms with E-state index in [1.54, 1.807) is 19.2 Å². The second-order valence-corrected chi connectivity index (χ2v) is 12.7. The molecule has 4 atom stereocenters. The molecule has 38 heavy (non-hydrogen) atoms. The van der Waals surface area contributed by atoms with E-state index >= 15 is 0 Å². The average Bonchev–Trinajstić information content (AvgIpc) is 3.63. The molecule has 1 aromatic heterocycles. The fourth-order valence-electron chi connectivity index (χ4n) is 5.13. The van der Waals surface area contributed by atoms with E-state index in [0.717, 1.165) is 42.9 Å². The fourth-order valence-corrected chi connectivity index (χ4v) is 5.57. The molecule has 4 rings (SSSR count). The van der Waals surface area contributed by atoms with E-state index in [0.29, 0.717) is 48.8 Å². The van der Waals surface area contributed by atoms with E-state index in [4.69, 9.17) is 4.74 Å². The Morgan fingerprint density at radius 3 is 2.58 bits per heavy atom. The van der Waals surface area contributed by atoms with Crippen LogP contribution in [0, 0.1) is 11.8 Å². The van der Waals surface area contributed by atoms with E-state index in [9.17, 15) is 13.2 Å². The number of amides is 1. The predicted molar refractivity (Wildman–Crippen MR) is 151 cm³/mol. The van der Waals surface area contributed by atoms with Gasteiger partial charge in [-0.3, -0.25) is 9.10 Å². The maximum atomic E-state index is 13.5. The quantitative estimate of drug-likeness (QED) is 0.424. The molecule has 10 heteroatoms. The highest BCUT2D eigenvalue weighted by Crippen LogP contribution is 2.39. The van der Waals surface area contributed by atoms with Gasteiger partial charge in [0, 0.05) is 51.3 Å². The minimum atomic E-state index is -3.56. The number of methoxy groups -OCH3 is 1. The smallest absolute Gasteiger partial charge is 0.251 e. The molecule has 1 saturated heterocycles. The van der Waals surface area contributed by atoms with Gasteiger partial charge >= 0.3 is 0 Å². The van der Waals surface area contributed by atoms with Gasteiger partial charge in [0.25, 0.3) is 5.91 Å². The van der Waals surface area contributed by atoms with Crippen LogP contribution in [0.5, 0.6) is 0 Å². The molecule has 0 radical (unpaired) electrons. The summed E-state index contributed by atoms with van der Waals surface area (Å²) in [7, 11) is -0.445. The number of hydrogen-bond donors (Lipinski definition) is 2. The van der Waals surface area contributed by atoms with E-state index in [-0.39, 0.29) is 17.8 Å². The predicted octanol–water partition coefficient (Wildman–Crippen LogP) is 2.85. The molecule has 1 aromatic carbocycles. The monoisotopic (exact) mass is 543 g/mol. The Morgan fingerprint density at radius 1 is 1.21 bits per heavy atom. The summed E-state index contributed by atoms with van der Waals surface area (Å²) in [6.07, 6.45) is 4.44. The van der Waals surface area contributed by atoms with E-state index in [1.165, 1.54) is 12.6 Å². The van der Waals surface area contributed by atoms with Gasteiger partial charge in [-0.2, -0.15) is 0 Å². The van der Waals surface area contributed by atoms with Crippen LogP contribution in [0.1, 0.15) is 48.0 Å². The van der Waals surface area contributed by atoms with Gasteiger partial charge in [0.15, 0.2) is 0 Å². The Hall–Kier alpha value is -2.69. The Morgan fingerprint density at radius 2 is 1.92 bits per heavy atom. The Labute approximate surface area is 227 Å². The second-order valence-electron chi connectivity index (χ2n) is 10.6. The van der Waals surface area contributed by atoms with Crippen LogP contribution in [0.2, 0.25) is 0 Å². The largest absolute Gasteiger partial charge is 0.383 e. The van der Waals surface area contributed by atoms with Gasteiger partial charge < -0.3 is 20.3 Å². The van der Waals surface area contributed by atoms with Crippen molar-refractivity contribution < 1.29 is 17.9 Å². The van der Waals surface area contributed by atoms with Gasteiger partial charge in [0.2, 0.25) is 10.0 Å². The van der Waals surface area contributed by atoms with Crippen molar-refractivity contribution in [2.45, 2.75) is 38.1 Å². The summed E-state index contributed by atoms with van der Waals surface area (Å²) in [6.45, 7) is 5.51. The van der Waals surface area contributed by atoms with Crippen molar-refractivity contribution in [2.75, 3.05) is 62.4 Å². The van der Waals surface area contributed by atoms with Crippen molar-refractivity contribution in [1.82, 2.24) is 15.6 Å². The molecular formula is C28H41N5O4S. The van der Waals surface area contributed by atoms with Crippen LogP contribution >= 0.6 is 0 Å². The highest BCUT2D eigenvalue weighted by atomic mass is 32.2. The molecule has 0 spiro atoms. The van der Waals surface area contributed by atoms with Crippen LogP contribution in [-0.4, -0.2) is 78.5 Å². The number of carbonyl (C=O) groups excluding carboxylic acids is 1. The number of anilines is 2. The first-order valence-electron chi connectivity index (χ1n) is 13.4. The highest BCUT2D eigenvalue weighted by Gasteiger charge is 2.34. The van der Waals surface area contributed by atoms with Gasteiger partial charge in [-0.1, -0.05) is 37.3 Å². The minimum Gasteiger partial charge on any atom is -0.383 e. The molecular weight excluding hydrogens is 502 g/mol. The van der Waals surface area contributed by atoms with Crippen molar-refractivity contribution in [3.63, 3.8) is 0 Å². The standard InChI is InChI=1S/C28H41N5O4S/c1-20-15-23(20)19-33(13-14-37-3)27-17-22(16-26(31-27)32(2)38(4,35)36)28(34)30-18-25-24(11-8-12-29-25)21-9-6-5-7-10-21/h5-7,9-10,16-17,20,23-25,29H,8,11-15,18-19H2,1-4H3,(H,30,34)/t20-,23+,24+,25-/m1/s1. The molecule has 2 fully saturated rings. The van der Waals surface area contributed by atoms with Crippen molar-refractivity contribution in [3.8, 4) is 0 Å². The number of aromatic nitrogens is 1. The summed E-state index contributed by atoms with van der Waals surface area (Å²) in [6, 6.07) is 13.8. The number of benzene rings is 1. The summed E-state index contributed by atoms with van der Waals surface area (Å²) in [4.78, 5) is 20.2. The van der Waals surface area contributed by atoms with Crippen molar-refractivity contribution in [2.24, 2.45) is 11.8 Å². The third-order valence-corrected chi connectivity index (χ3v) is 8.98. The van der Waals surface area contributed by atoms with Crippen LogP contribution in [0.25, 0.3) is 0 Å². The lowest BCUT2D eigenvalue weighted by Gasteiger charge is -2.33. The molecule has 0 unspecified atom stereocenters. The van der Waals surface area contributed by atoms with Crippen molar-refractivity contribution in [1.29, 1.82) is 0 Å². The lowest BCUT2D eigenvalue weighted by Crippen LogP contribution is -2.47. The first-order valence-corrected chi connectivity index (χ1v) is 15.3. The number of nitrogens with zero attached hydrogens (tertiary/aromatic N) is 3.